The second-order valence-electron chi connectivity index (χ2n) is 10.1. The van der Waals surface area contributed by atoms with Crippen LogP contribution in [0.15, 0.2) is 35.5 Å². The van der Waals surface area contributed by atoms with Crippen LogP contribution in [0.5, 0.6) is 0 Å². The molecule has 0 saturated carbocycles. The zero-order valence-corrected chi connectivity index (χ0v) is 23.8. The smallest absolute Gasteiger partial charge is 0.326 e. The molecule has 1 heterocycles. The Morgan fingerprint density at radius 2 is 1.64 bits per heavy atom. The fourth-order valence-corrected chi connectivity index (χ4v) is 4.28. The lowest BCUT2D eigenvalue weighted by atomic mass is 9.97. The van der Waals surface area contributed by atoms with Crippen LogP contribution in [0.25, 0.3) is 10.9 Å². The number of aromatic amines is 1. The fourth-order valence-electron chi connectivity index (χ4n) is 4.28. The maximum atomic E-state index is 13.3. The Labute approximate surface area is 243 Å². The SMILES string of the molecule is CCC(C)C(NC(=O)C(N)CCCN=C(N)N)C(=O)NC(CC(N)=O)C(=O)NC(Cc1c[nH]c2ccccc12)C(=O)O. The third-order valence-electron chi connectivity index (χ3n) is 6.85. The molecule has 0 aliphatic rings. The van der Waals surface area contributed by atoms with Gasteiger partial charge in [0.1, 0.15) is 18.1 Å². The average Bonchev–Trinajstić information content (AvgIpc) is 3.34. The molecule has 0 aliphatic carbocycles. The number of para-hydroxylation sites is 1. The Morgan fingerprint density at radius 1 is 0.976 bits per heavy atom. The van der Waals surface area contributed by atoms with Crippen molar-refractivity contribution in [2.45, 2.75) is 70.1 Å². The molecule has 5 unspecified atom stereocenters. The highest BCUT2D eigenvalue weighted by atomic mass is 16.4. The molecule has 0 saturated heterocycles. The number of hydrogen-bond donors (Lipinski definition) is 9. The number of primary amides is 1. The largest absolute Gasteiger partial charge is 0.480 e. The molecule has 5 atom stereocenters. The Hall–Kier alpha value is -4.66. The van der Waals surface area contributed by atoms with E-state index in [4.69, 9.17) is 22.9 Å². The molecule has 13 N–H and O–H groups in total. The minimum absolute atomic E-state index is 0.0606. The van der Waals surface area contributed by atoms with Gasteiger partial charge in [-0.15, -0.1) is 0 Å². The van der Waals surface area contributed by atoms with E-state index in [1.807, 2.05) is 25.1 Å². The Bertz CT molecular complexity index is 1290. The van der Waals surface area contributed by atoms with Gasteiger partial charge in [0.2, 0.25) is 23.6 Å². The van der Waals surface area contributed by atoms with Gasteiger partial charge in [-0.2, -0.15) is 0 Å². The number of aliphatic imine (C=N–C) groups is 1. The van der Waals surface area contributed by atoms with Gasteiger partial charge in [0.25, 0.3) is 0 Å². The lowest BCUT2D eigenvalue weighted by molar-refractivity contribution is -0.142. The number of nitrogens with zero attached hydrogens (tertiary/aromatic N) is 1. The highest BCUT2D eigenvalue weighted by Gasteiger charge is 2.33. The number of carboxylic acids is 1. The van der Waals surface area contributed by atoms with Crippen molar-refractivity contribution in [3.8, 4) is 0 Å². The van der Waals surface area contributed by atoms with Crippen molar-refractivity contribution in [2.75, 3.05) is 6.54 Å². The molecular formula is C27H41N9O6. The van der Waals surface area contributed by atoms with Gasteiger partial charge in [0, 0.05) is 30.1 Å². The van der Waals surface area contributed by atoms with Crippen molar-refractivity contribution >= 4 is 46.5 Å². The summed E-state index contributed by atoms with van der Waals surface area (Å²) in [5, 5.41) is 18.1. The fraction of sp³-hybridized carbons (Fsp3) is 0.481. The van der Waals surface area contributed by atoms with E-state index >= 15 is 0 Å². The monoisotopic (exact) mass is 587 g/mol. The summed E-state index contributed by atoms with van der Waals surface area (Å²) in [6, 6.07) is 2.36. The van der Waals surface area contributed by atoms with Crippen LogP contribution in [0, 0.1) is 5.92 Å². The third kappa shape index (κ3) is 10.1. The van der Waals surface area contributed by atoms with Gasteiger partial charge in [-0.3, -0.25) is 24.2 Å². The molecule has 0 radical (unpaired) electrons. The molecule has 230 valence electrons. The van der Waals surface area contributed by atoms with Gasteiger partial charge in [0.15, 0.2) is 5.96 Å². The number of aliphatic carboxylic acids is 1. The second kappa shape index (κ2) is 16.0. The second-order valence-corrected chi connectivity index (χ2v) is 10.1. The number of carboxylic acid groups (broad SMARTS) is 1. The first-order valence-corrected chi connectivity index (χ1v) is 13.6. The molecule has 0 bridgehead atoms. The molecule has 0 spiro atoms. The maximum Gasteiger partial charge on any atom is 0.326 e. The number of nitrogens with one attached hydrogen (secondary N) is 4. The highest BCUT2D eigenvalue weighted by molar-refractivity contribution is 5.96. The standard InChI is InChI=1S/C27H41N9O6/c1-3-14(2)22(36-23(38)17(28)8-6-10-32-27(30)31)25(40)34-19(12-21(29)37)24(39)35-20(26(41)42)11-15-13-33-18-9-5-4-7-16(15)18/h4-5,7,9,13-14,17,19-20,22,33H,3,6,8,10-12,28H2,1-2H3,(H2,29,37)(H,34,40)(H,35,39)(H,36,38)(H,41,42)(H4,30,31,32). The summed E-state index contributed by atoms with van der Waals surface area (Å²) in [6.45, 7) is 3.81. The van der Waals surface area contributed by atoms with E-state index in [1.54, 1.807) is 19.2 Å². The normalized spacial score (nSPS) is 14.5. The van der Waals surface area contributed by atoms with Crippen molar-refractivity contribution in [1.82, 2.24) is 20.9 Å². The first-order chi connectivity index (χ1) is 19.8. The van der Waals surface area contributed by atoms with Gasteiger partial charge in [-0.1, -0.05) is 38.5 Å². The molecule has 2 aromatic rings. The Kier molecular flexibility index (Phi) is 12.7. The van der Waals surface area contributed by atoms with Crippen molar-refractivity contribution < 1.29 is 29.1 Å². The first-order valence-electron chi connectivity index (χ1n) is 13.6. The quantitative estimate of drug-likeness (QED) is 0.0594. The van der Waals surface area contributed by atoms with Crippen LogP contribution in [0.2, 0.25) is 0 Å². The molecule has 1 aromatic heterocycles. The van der Waals surface area contributed by atoms with Gasteiger partial charge < -0.3 is 49.0 Å². The summed E-state index contributed by atoms with van der Waals surface area (Å²) in [5.74, 6) is -4.93. The summed E-state index contributed by atoms with van der Waals surface area (Å²) in [4.78, 5) is 69.9. The van der Waals surface area contributed by atoms with Gasteiger partial charge in [-0.25, -0.2) is 4.79 Å². The number of amides is 4. The van der Waals surface area contributed by atoms with E-state index in [1.165, 1.54) is 0 Å². The summed E-state index contributed by atoms with van der Waals surface area (Å²) in [6.07, 6.45) is 2.16. The van der Waals surface area contributed by atoms with Crippen molar-refractivity contribution in [1.29, 1.82) is 0 Å². The van der Waals surface area contributed by atoms with E-state index in [0.29, 0.717) is 18.4 Å². The average molecular weight is 588 g/mol. The molecule has 2 rings (SSSR count). The van der Waals surface area contributed by atoms with E-state index < -0.39 is 60.2 Å². The van der Waals surface area contributed by atoms with E-state index in [9.17, 15) is 29.1 Å². The lowest BCUT2D eigenvalue weighted by Gasteiger charge is -2.27. The summed E-state index contributed by atoms with van der Waals surface area (Å²) >= 11 is 0. The van der Waals surface area contributed by atoms with E-state index in [-0.39, 0.29) is 31.3 Å². The zero-order chi connectivity index (χ0) is 31.4. The van der Waals surface area contributed by atoms with Crippen LogP contribution < -0.4 is 38.9 Å². The van der Waals surface area contributed by atoms with Crippen LogP contribution in [0.1, 0.15) is 45.1 Å². The molecule has 4 amide bonds. The third-order valence-corrected chi connectivity index (χ3v) is 6.85. The zero-order valence-electron chi connectivity index (χ0n) is 23.8. The number of aromatic nitrogens is 1. The number of nitrogens with two attached hydrogens (primary N) is 4. The minimum Gasteiger partial charge on any atom is -0.480 e. The number of carbonyl (C=O) groups is 5. The van der Waals surface area contributed by atoms with Crippen LogP contribution in [0.4, 0.5) is 0 Å². The number of carbonyl (C=O) groups excluding carboxylic acids is 4. The van der Waals surface area contributed by atoms with Gasteiger partial charge >= 0.3 is 5.97 Å². The van der Waals surface area contributed by atoms with E-state index in [0.717, 1.165) is 10.9 Å². The molecule has 15 nitrogen and oxygen atoms in total. The lowest BCUT2D eigenvalue weighted by Crippen LogP contribution is -2.59. The Balaban J connectivity index is 2.14. The number of hydrogen-bond acceptors (Lipinski definition) is 7. The number of fused-ring (bicyclic) bond motifs is 1. The summed E-state index contributed by atoms with van der Waals surface area (Å²) < 4.78 is 0. The van der Waals surface area contributed by atoms with Crippen molar-refractivity contribution in [3.63, 3.8) is 0 Å². The molecule has 42 heavy (non-hydrogen) atoms. The van der Waals surface area contributed by atoms with Crippen LogP contribution in [0.3, 0.4) is 0 Å². The molecule has 15 heteroatoms. The molecule has 0 fully saturated rings. The van der Waals surface area contributed by atoms with Crippen molar-refractivity contribution in [3.05, 3.63) is 36.0 Å². The van der Waals surface area contributed by atoms with E-state index in [2.05, 4.69) is 25.9 Å². The number of rotatable bonds is 17. The molecule has 1 aromatic carbocycles. The highest BCUT2D eigenvalue weighted by Crippen LogP contribution is 2.19. The van der Waals surface area contributed by atoms with Crippen molar-refractivity contribution in [2.24, 2.45) is 33.8 Å². The Morgan fingerprint density at radius 3 is 2.26 bits per heavy atom. The molecule has 0 aliphatic heterocycles. The number of benzene rings is 1. The first kappa shape index (κ1) is 33.5. The maximum absolute atomic E-state index is 13.3. The van der Waals surface area contributed by atoms with Crippen LogP contribution >= 0.6 is 0 Å². The number of H-pyrrole nitrogens is 1. The number of guanidine groups is 1. The van der Waals surface area contributed by atoms with Gasteiger partial charge in [0.05, 0.1) is 12.5 Å². The van der Waals surface area contributed by atoms with Crippen LogP contribution in [-0.4, -0.2) is 76.4 Å². The van der Waals surface area contributed by atoms with Gasteiger partial charge in [-0.05, 0) is 30.4 Å². The minimum atomic E-state index is -1.49. The predicted octanol–water partition coefficient (Wildman–Crippen LogP) is -1.45. The summed E-state index contributed by atoms with van der Waals surface area (Å²) in [5.41, 5.74) is 23.3. The predicted molar refractivity (Wildman–Crippen MR) is 157 cm³/mol. The van der Waals surface area contributed by atoms with Crippen LogP contribution in [-0.2, 0) is 30.4 Å². The molecular weight excluding hydrogens is 546 g/mol. The topological polar surface area (TPSA) is 274 Å². The summed E-state index contributed by atoms with van der Waals surface area (Å²) in [7, 11) is 0.